The van der Waals surface area contributed by atoms with Crippen LogP contribution >= 0.6 is 35.6 Å². The van der Waals surface area contributed by atoms with Crippen LogP contribution in [0.25, 0.3) is 6.08 Å². The third-order valence-corrected chi connectivity index (χ3v) is 4.74. The first-order chi connectivity index (χ1) is 11.0. The fourth-order valence-electron chi connectivity index (χ4n) is 2.09. The molecule has 1 aliphatic rings. The van der Waals surface area contributed by atoms with Crippen molar-refractivity contribution in [3.05, 3.63) is 63.5 Å². The van der Waals surface area contributed by atoms with E-state index in [9.17, 15) is 9.18 Å². The van der Waals surface area contributed by atoms with Gasteiger partial charge in [0.1, 0.15) is 5.82 Å². The number of thioether (sulfide) groups is 1. The van der Waals surface area contributed by atoms with E-state index >= 15 is 0 Å². The molecule has 3 nitrogen and oxygen atoms in total. The number of carbonyl (C=O) groups excluding carboxylic acids is 1. The number of anilines is 1. The number of hydrogen-bond donors (Lipinski definition) is 0. The molecule has 2 aromatic rings. The third-order valence-electron chi connectivity index (χ3n) is 3.14. The number of benzene rings is 1. The summed E-state index contributed by atoms with van der Waals surface area (Å²) >= 11 is 12.2. The summed E-state index contributed by atoms with van der Waals surface area (Å²) in [7, 11) is 0. The maximum absolute atomic E-state index is 13.3. The molecule has 1 aromatic heterocycles. The molecule has 0 radical (unpaired) electrons. The molecule has 23 heavy (non-hydrogen) atoms. The largest absolute Gasteiger partial charge is 0.270 e. The first kappa shape index (κ1) is 16.1. The van der Waals surface area contributed by atoms with Crippen LogP contribution in [-0.4, -0.2) is 15.2 Å². The SMILES string of the molecule is Cc1cccc(/C=C2/SC(=S)N(c3ccc(F)c(Cl)c3)C2=O)n1. The van der Waals surface area contributed by atoms with Gasteiger partial charge in [0, 0.05) is 5.69 Å². The highest BCUT2D eigenvalue weighted by Gasteiger charge is 2.33. The molecule has 1 saturated heterocycles. The molecule has 2 heterocycles. The standard InChI is InChI=1S/C16H10ClFN2OS2/c1-9-3-2-4-10(19-9)7-14-15(21)20(16(22)23-14)11-5-6-13(18)12(17)8-11/h2-8H,1H3/b14-7+. The third kappa shape index (κ3) is 3.29. The van der Waals surface area contributed by atoms with Gasteiger partial charge in [0.25, 0.3) is 5.91 Å². The second kappa shape index (κ2) is 6.39. The summed E-state index contributed by atoms with van der Waals surface area (Å²) in [4.78, 5) is 18.7. The highest BCUT2D eigenvalue weighted by molar-refractivity contribution is 8.27. The molecule has 0 atom stereocenters. The lowest BCUT2D eigenvalue weighted by Crippen LogP contribution is -2.27. The fourth-order valence-corrected chi connectivity index (χ4v) is 3.55. The van der Waals surface area contributed by atoms with Crippen LogP contribution in [0.4, 0.5) is 10.1 Å². The Hall–Kier alpha value is -1.76. The Morgan fingerprint density at radius 2 is 2.13 bits per heavy atom. The number of aryl methyl sites for hydroxylation is 1. The van der Waals surface area contributed by atoms with Crippen molar-refractivity contribution in [2.45, 2.75) is 6.92 Å². The first-order valence-corrected chi connectivity index (χ1v) is 8.22. The maximum atomic E-state index is 13.3. The minimum Gasteiger partial charge on any atom is -0.268 e. The van der Waals surface area contributed by atoms with E-state index in [2.05, 4.69) is 4.98 Å². The fraction of sp³-hybridized carbons (Fsp3) is 0.0625. The van der Waals surface area contributed by atoms with Crippen molar-refractivity contribution in [2.24, 2.45) is 0 Å². The van der Waals surface area contributed by atoms with Crippen molar-refractivity contribution >= 4 is 57.6 Å². The van der Waals surface area contributed by atoms with Crippen LogP contribution in [0.3, 0.4) is 0 Å². The van der Waals surface area contributed by atoms with Gasteiger partial charge in [-0.25, -0.2) is 4.39 Å². The Morgan fingerprint density at radius 1 is 1.35 bits per heavy atom. The molecule has 1 fully saturated rings. The minimum atomic E-state index is -0.541. The quantitative estimate of drug-likeness (QED) is 0.576. The summed E-state index contributed by atoms with van der Waals surface area (Å²) in [5, 5.41) is -0.0547. The zero-order chi connectivity index (χ0) is 16.6. The molecule has 1 aliphatic heterocycles. The normalized spacial score (nSPS) is 16.5. The molecule has 1 amide bonds. The van der Waals surface area contributed by atoms with E-state index in [1.807, 2.05) is 25.1 Å². The second-order valence-corrected chi connectivity index (χ2v) is 6.90. The van der Waals surface area contributed by atoms with Gasteiger partial charge in [0.05, 0.1) is 21.3 Å². The van der Waals surface area contributed by atoms with E-state index in [0.717, 1.165) is 5.69 Å². The highest BCUT2D eigenvalue weighted by atomic mass is 35.5. The van der Waals surface area contributed by atoms with Gasteiger partial charge in [0.2, 0.25) is 0 Å². The Morgan fingerprint density at radius 3 is 2.83 bits per heavy atom. The highest BCUT2D eigenvalue weighted by Crippen LogP contribution is 2.36. The molecule has 0 bridgehead atoms. The first-order valence-electron chi connectivity index (χ1n) is 6.62. The summed E-state index contributed by atoms with van der Waals surface area (Å²) in [5.41, 5.74) is 1.99. The lowest BCUT2D eigenvalue weighted by molar-refractivity contribution is -0.113. The van der Waals surface area contributed by atoms with Gasteiger partial charge in [0.15, 0.2) is 4.32 Å². The number of hydrogen-bond acceptors (Lipinski definition) is 4. The minimum absolute atomic E-state index is 0.0547. The van der Waals surface area contributed by atoms with E-state index in [1.54, 1.807) is 6.08 Å². The summed E-state index contributed by atoms with van der Waals surface area (Å²) in [6, 6.07) is 9.63. The summed E-state index contributed by atoms with van der Waals surface area (Å²) in [6.07, 6.45) is 1.69. The number of carbonyl (C=O) groups is 1. The number of thiocarbonyl (C=S) groups is 1. The molecular formula is C16H10ClFN2OS2. The van der Waals surface area contributed by atoms with Crippen LogP contribution in [-0.2, 0) is 4.79 Å². The molecule has 1 aromatic carbocycles. The van der Waals surface area contributed by atoms with E-state index in [0.29, 0.717) is 20.6 Å². The van der Waals surface area contributed by atoms with Gasteiger partial charge in [-0.2, -0.15) is 0 Å². The molecule has 7 heteroatoms. The molecular weight excluding hydrogens is 355 g/mol. The van der Waals surface area contributed by atoms with Crippen LogP contribution in [0.1, 0.15) is 11.4 Å². The Kier molecular flexibility index (Phi) is 4.48. The van der Waals surface area contributed by atoms with Gasteiger partial charge in [-0.1, -0.05) is 41.6 Å². The van der Waals surface area contributed by atoms with Gasteiger partial charge < -0.3 is 0 Å². The van der Waals surface area contributed by atoms with Gasteiger partial charge in [-0.3, -0.25) is 14.7 Å². The van der Waals surface area contributed by atoms with E-state index in [1.165, 1.54) is 34.9 Å². The number of halogens is 2. The second-order valence-electron chi connectivity index (χ2n) is 4.82. The van der Waals surface area contributed by atoms with Crippen molar-refractivity contribution in [2.75, 3.05) is 4.90 Å². The van der Waals surface area contributed by atoms with Crippen molar-refractivity contribution < 1.29 is 9.18 Å². The van der Waals surface area contributed by atoms with Gasteiger partial charge in [-0.05, 0) is 43.3 Å². The average Bonchev–Trinajstić information content (AvgIpc) is 2.77. The van der Waals surface area contributed by atoms with Crippen LogP contribution in [0, 0.1) is 12.7 Å². The van der Waals surface area contributed by atoms with Gasteiger partial charge >= 0.3 is 0 Å². The zero-order valence-corrected chi connectivity index (χ0v) is 14.3. The molecule has 0 saturated carbocycles. The van der Waals surface area contributed by atoms with Crippen LogP contribution in [0.5, 0.6) is 0 Å². The molecule has 0 unspecified atom stereocenters. The van der Waals surface area contributed by atoms with Crippen LogP contribution in [0.15, 0.2) is 41.3 Å². The van der Waals surface area contributed by atoms with Crippen LogP contribution in [0.2, 0.25) is 5.02 Å². The number of pyridine rings is 1. The monoisotopic (exact) mass is 364 g/mol. The van der Waals surface area contributed by atoms with Crippen molar-refractivity contribution in [3.8, 4) is 0 Å². The molecule has 3 rings (SSSR count). The average molecular weight is 365 g/mol. The van der Waals surface area contributed by atoms with Gasteiger partial charge in [-0.15, -0.1) is 0 Å². The number of nitrogens with zero attached hydrogens (tertiary/aromatic N) is 2. The lowest BCUT2D eigenvalue weighted by Gasteiger charge is -2.14. The predicted molar refractivity (Wildman–Crippen MR) is 96.0 cm³/mol. The predicted octanol–water partition coefficient (Wildman–Crippen LogP) is 4.59. The zero-order valence-electron chi connectivity index (χ0n) is 11.9. The smallest absolute Gasteiger partial charge is 0.268 e. The topological polar surface area (TPSA) is 33.2 Å². The summed E-state index contributed by atoms with van der Waals surface area (Å²) < 4.78 is 13.7. The summed E-state index contributed by atoms with van der Waals surface area (Å²) in [5.74, 6) is -0.814. The Labute approximate surface area is 147 Å². The van der Waals surface area contributed by atoms with Crippen molar-refractivity contribution in [1.82, 2.24) is 4.98 Å². The van der Waals surface area contributed by atoms with E-state index in [4.69, 9.17) is 23.8 Å². The molecule has 0 aliphatic carbocycles. The molecule has 0 N–H and O–H groups in total. The van der Waals surface area contributed by atoms with Crippen molar-refractivity contribution in [1.29, 1.82) is 0 Å². The Balaban J connectivity index is 1.95. The number of amides is 1. The molecule has 116 valence electrons. The maximum Gasteiger partial charge on any atom is 0.270 e. The van der Waals surface area contributed by atoms with E-state index in [-0.39, 0.29) is 10.9 Å². The molecule has 0 spiro atoms. The van der Waals surface area contributed by atoms with Crippen LogP contribution < -0.4 is 4.90 Å². The number of rotatable bonds is 2. The summed E-state index contributed by atoms with van der Waals surface area (Å²) in [6.45, 7) is 1.88. The number of aromatic nitrogens is 1. The Bertz CT molecular complexity index is 854. The van der Waals surface area contributed by atoms with Crippen molar-refractivity contribution in [3.63, 3.8) is 0 Å². The van der Waals surface area contributed by atoms with E-state index < -0.39 is 5.82 Å². The lowest BCUT2D eigenvalue weighted by atomic mass is 10.2.